The molecule has 1 aromatic rings. The first-order valence-electron chi connectivity index (χ1n) is 11.4. The van der Waals surface area contributed by atoms with Crippen LogP contribution in [0, 0.1) is 0 Å². The van der Waals surface area contributed by atoms with Gasteiger partial charge in [0.15, 0.2) is 11.5 Å². The summed E-state index contributed by atoms with van der Waals surface area (Å²) >= 11 is 0. The third-order valence-corrected chi connectivity index (χ3v) is 5.38. The molecular formula is C24H40O5. The number of carboxylic acid groups (broad SMARTS) is 1. The molecule has 0 amide bonds. The number of aromatic carboxylic acids is 1. The lowest BCUT2D eigenvalue weighted by Gasteiger charge is -2.21. The van der Waals surface area contributed by atoms with Gasteiger partial charge >= 0.3 is 5.97 Å². The number of unbranched alkanes of at least 4 members (excludes halogenated alkanes) is 8. The molecule has 0 radical (unpaired) electrons. The molecule has 0 atom stereocenters. The standard InChI is InChI=1S/C24H40O5/c1-4-7-10-12-15-18-19(16-13-11-8-5-2)23(29-17-14-9-6-3)20(24(27)28)22(26)21(18)25/h25-26H,4-17H2,1-3H3,(H,27,28). The van der Waals surface area contributed by atoms with Crippen LogP contribution in [0.25, 0.3) is 0 Å². The van der Waals surface area contributed by atoms with Gasteiger partial charge in [0.1, 0.15) is 11.3 Å². The summed E-state index contributed by atoms with van der Waals surface area (Å²) in [5.74, 6) is -1.86. The molecule has 0 spiro atoms. The molecule has 0 aliphatic rings. The molecule has 0 fully saturated rings. The van der Waals surface area contributed by atoms with Crippen molar-refractivity contribution in [2.45, 2.75) is 104 Å². The predicted molar refractivity (Wildman–Crippen MR) is 117 cm³/mol. The molecule has 1 aromatic carbocycles. The van der Waals surface area contributed by atoms with E-state index in [0.717, 1.165) is 76.2 Å². The van der Waals surface area contributed by atoms with E-state index in [2.05, 4.69) is 20.8 Å². The van der Waals surface area contributed by atoms with Crippen LogP contribution in [-0.4, -0.2) is 27.9 Å². The van der Waals surface area contributed by atoms with Crippen molar-refractivity contribution in [1.29, 1.82) is 0 Å². The van der Waals surface area contributed by atoms with E-state index in [9.17, 15) is 20.1 Å². The Morgan fingerprint density at radius 1 is 0.724 bits per heavy atom. The van der Waals surface area contributed by atoms with Crippen molar-refractivity contribution in [2.24, 2.45) is 0 Å². The first-order valence-corrected chi connectivity index (χ1v) is 11.4. The normalized spacial score (nSPS) is 11.0. The third kappa shape index (κ3) is 7.79. The van der Waals surface area contributed by atoms with Crippen LogP contribution in [0.1, 0.15) is 113 Å². The van der Waals surface area contributed by atoms with Crippen LogP contribution in [0.2, 0.25) is 0 Å². The Kier molecular flexibility index (Phi) is 12.2. The van der Waals surface area contributed by atoms with Gasteiger partial charge in [0.2, 0.25) is 0 Å². The van der Waals surface area contributed by atoms with Crippen LogP contribution in [0.4, 0.5) is 0 Å². The molecule has 0 bridgehead atoms. The number of carbonyl (C=O) groups is 1. The van der Waals surface area contributed by atoms with E-state index in [0.29, 0.717) is 25.0 Å². The molecule has 0 saturated carbocycles. The van der Waals surface area contributed by atoms with Crippen LogP contribution >= 0.6 is 0 Å². The van der Waals surface area contributed by atoms with E-state index in [1.807, 2.05) is 0 Å². The van der Waals surface area contributed by atoms with Gasteiger partial charge in [-0.05, 0) is 32.1 Å². The maximum Gasteiger partial charge on any atom is 0.343 e. The predicted octanol–water partition coefficient (Wildman–Crippen LogP) is 6.61. The zero-order valence-electron chi connectivity index (χ0n) is 18.6. The van der Waals surface area contributed by atoms with E-state index in [4.69, 9.17) is 4.74 Å². The minimum atomic E-state index is -1.27. The van der Waals surface area contributed by atoms with Gasteiger partial charge in [-0.25, -0.2) is 4.79 Å². The number of rotatable bonds is 16. The van der Waals surface area contributed by atoms with Crippen LogP contribution in [0.5, 0.6) is 17.2 Å². The highest BCUT2D eigenvalue weighted by Crippen LogP contribution is 2.44. The second kappa shape index (κ2) is 14.1. The average molecular weight is 409 g/mol. The fourth-order valence-corrected chi connectivity index (χ4v) is 3.67. The molecule has 0 aliphatic heterocycles. The summed E-state index contributed by atoms with van der Waals surface area (Å²) in [6.45, 7) is 6.81. The molecule has 0 saturated heterocycles. The Morgan fingerprint density at radius 3 is 1.76 bits per heavy atom. The van der Waals surface area contributed by atoms with Crippen LogP contribution in [-0.2, 0) is 12.8 Å². The molecule has 1 rings (SSSR count). The highest BCUT2D eigenvalue weighted by molar-refractivity contribution is 5.96. The Balaban J connectivity index is 3.30. The molecule has 29 heavy (non-hydrogen) atoms. The SMILES string of the molecule is CCCCCCc1c(O)c(O)c(C(=O)O)c(OCCCCC)c1CCCCCC. The van der Waals surface area contributed by atoms with Crippen LogP contribution in [0.15, 0.2) is 0 Å². The number of phenolic OH excluding ortho intramolecular Hbond substituents is 1. The molecule has 5 heteroatoms. The second-order valence-corrected chi connectivity index (χ2v) is 7.84. The lowest BCUT2D eigenvalue weighted by Crippen LogP contribution is -2.11. The second-order valence-electron chi connectivity index (χ2n) is 7.84. The Labute approximate surface area is 176 Å². The first-order chi connectivity index (χ1) is 14.0. The molecule has 5 nitrogen and oxygen atoms in total. The highest BCUT2D eigenvalue weighted by atomic mass is 16.5. The summed E-state index contributed by atoms with van der Waals surface area (Å²) < 4.78 is 5.94. The van der Waals surface area contributed by atoms with Crippen molar-refractivity contribution in [3.8, 4) is 17.2 Å². The number of carboxylic acids is 1. The quantitative estimate of drug-likeness (QED) is 0.212. The van der Waals surface area contributed by atoms with Crippen molar-refractivity contribution >= 4 is 5.97 Å². The van der Waals surface area contributed by atoms with E-state index in [1.165, 1.54) is 0 Å². The number of benzene rings is 1. The summed E-state index contributed by atoms with van der Waals surface area (Å²) in [6.07, 6.45) is 12.5. The highest BCUT2D eigenvalue weighted by Gasteiger charge is 2.28. The van der Waals surface area contributed by atoms with Crippen molar-refractivity contribution in [3.63, 3.8) is 0 Å². The largest absolute Gasteiger partial charge is 0.504 e. The lowest BCUT2D eigenvalue weighted by atomic mass is 9.91. The minimum absolute atomic E-state index is 0.255. The topological polar surface area (TPSA) is 87.0 Å². The van der Waals surface area contributed by atoms with E-state index in [-0.39, 0.29) is 17.1 Å². The van der Waals surface area contributed by atoms with Gasteiger partial charge in [0.25, 0.3) is 0 Å². The molecular weight excluding hydrogens is 368 g/mol. The number of phenols is 2. The van der Waals surface area contributed by atoms with Crippen molar-refractivity contribution in [2.75, 3.05) is 6.61 Å². The lowest BCUT2D eigenvalue weighted by molar-refractivity contribution is 0.0687. The number of aromatic hydroxyl groups is 2. The van der Waals surface area contributed by atoms with Gasteiger partial charge in [-0.1, -0.05) is 72.1 Å². The fraction of sp³-hybridized carbons (Fsp3) is 0.708. The molecule has 166 valence electrons. The van der Waals surface area contributed by atoms with Gasteiger partial charge in [-0.3, -0.25) is 0 Å². The van der Waals surface area contributed by atoms with Crippen molar-refractivity contribution < 1.29 is 24.9 Å². The number of hydrogen-bond acceptors (Lipinski definition) is 4. The fourth-order valence-electron chi connectivity index (χ4n) is 3.67. The maximum absolute atomic E-state index is 11.9. The van der Waals surface area contributed by atoms with Gasteiger partial charge in [-0.15, -0.1) is 0 Å². The zero-order chi connectivity index (χ0) is 21.6. The molecule has 0 aliphatic carbocycles. The third-order valence-electron chi connectivity index (χ3n) is 5.38. The van der Waals surface area contributed by atoms with Gasteiger partial charge in [-0.2, -0.15) is 0 Å². The van der Waals surface area contributed by atoms with Gasteiger partial charge in [0.05, 0.1) is 6.61 Å². The maximum atomic E-state index is 11.9. The summed E-state index contributed by atoms with van der Waals surface area (Å²) in [5.41, 5.74) is 1.12. The molecule has 3 N–H and O–H groups in total. The smallest absolute Gasteiger partial charge is 0.343 e. The summed E-state index contributed by atoms with van der Waals surface area (Å²) in [7, 11) is 0. The van der Waals surface area contributed by atoms with Crippen molar-refractivity contribution in [3.05, 3.63) is 16.7 Å². The van der Waals surface area contributed by atoms with Crippen LogP contribution < -0.4 is 4.74 Å². The van der Waals surface area contributed by atoms with Crippen molar-refractivity contribution in [1.82, 2.24) is 0 Å². The summed E-state index contributed by atoms with van der Waals surface area (Å²) in [6, 6.07) is 0. The first kappa shape index (κ1) is 25.1. The monoisotopic (exact) mass is 408 g/mol. The van der Waals surface area contributed by atoms with Crippen LogP contribution in [0.3, 0.4) is 0 Å². The number of ether oxygens (including phenoxy) is 1. The van der Waals surface area contributed by atoms with Gasteiger partial charge in [0, 0.05) is 11.1 Å². The minimum Gasteiger partial charge on any atom is -0.504 e. The van der Waals surface area contributed by atoms with Gasteiger partial charge < -0.3 is 20.1 Å². The van der Waals surface area contributed by atoms with E-state index < -0.39 is 11.7 Å². The summed E-state index contributed by atoms with van der Waals surface area (Å²) in [4.78, 5) is 11.9. The summed E-state index contributed by atoms with van der Waals surface area (Å²) in [5, 5.41) is 30.8. The molecule has 0 aromatic heterocycles. The number of hydrogen-bond donors (Lipinski definition) is 3. The van der Waals surface area contributed by atoms with E-state index >= 15 is 0 Å². The average Bonchev–Trinajstić information content (AvgIpc) is 2.70. The zero-order valence-corrected chi connectivity index (χ0v) is 18.6. The Bertz CT molecular complexity index is 624. The Hall–Kier alpha value is -1.91. The molecule has 0 heterocycles. The Morgan fingerprint density at radius 2 is 1.24 bits per heavy atom. The van der Waals surface area contributed by atoms with E-state index in [1.54, 1.807) is 0 Å². The molecule has 0 unspecified atom stereocenters.